The van der Waals surface area contributed by atoms with Crippen molar-refractivity contribution in [2.45, 2.75) is 37.3 Å². The highest BCUT2D eigenvalue weighted by Crippen LogP contribution is 2.44. The van der Waals surface area contributed by atoms with Gasteiger partial charge >= 0.3 is 12.1 Å². The van der Waals surface area contributed by atoms with Crippen molar-refractivity contribution < 1.29 is 34.1 Å². The van der Waals surface area contributed by atoms with E-state index in [0.29, 0.717) is 0 Å². The normalized spacial score (nSPS) is 14.9. The van der Waals surface area contributed by atoms with Gasteiger partial charge in [-0.25, -0.2) is 9.59 Å². The van der Waals surface area contributed by atoms with Gasteiger partial charge in [0.1, 0.15) is 18.2 Å². The monoisotopic (exact) mass is 470 g/mol. The van der Waals surface area contributed by atoms with Crippen molar-refractivity contribution in [3.8, 4) is 11.1 Å². The molecule has 0 radical (unpaired) electrons. The van der Waals surface area contributed by atoms with Crippen LogP contribution in [0.2, 0.25) is 0 Å². The molecular formula is C25H30N2O7. The highest BCUT2D eigenvalue weighted by Gasteiger charge is 2.41. The molecule has 1 aliphatic carbocycles. The number of methoxy groups -OCH3 is 1. The largest absolute Gasteiger partial charge is 0.480 e. The molecule has 0 aliphatic heterocycles. The number of hydrogen-bond acceptors (Lipinski definition) is 6. The lowest BCUT2D eigenvalue weighted by atomic mass is 9.95. The number of carboxylic acids is 1. The third-order valence-corrected chi connectivity index (χ3v) is 6.14. The Morgan fingerprint density at radius 2 is 1.65 bits per heavy atom. The maximum Gasteiger partial charge on any atom is 0.408 e. The van der Waals surface area contributed by atoms with E-state index in [0.717, 1.165) is 22.3 Å². The fraction of sp³-hybridized carbons (Fsp3) is 0.400. The Labute approximate surface area is 198 Å². The predicted molar refractivity (Wildman–Crippen MR) is 124 cm³/mol. The van der Waals surface area contributed by atoms with Gasteiger partial charge < -0.3 is 30.3 Å². The molecule has 0 saturated heterocycles. The number of rotatable bonds is 11. The fourth-order valence-electron chi connectivity index (χ4n) is 4.27. The average molecular weight is 471 g/mol. The Bertz CT molecular complexity index is 996. The van der Waals surface area contributed by atoms with E-state index in [1.165, 1.54) is 7.11 Å². The van der Waals surface area contributed by atoms with Crippen LogP contribution in [0, 0.1) is 0 Å². The van der Waals surface area contributed by atoms with Crippen LogP contribution in [0.25, 0.3) is 11.1 Å². The molecule has 1 aliphatic rings. The number of nitrogens with one attached hydrogen (secondary N) is 2. The molecule has 0 fully saturated rings. The highest BCUT2D eigenvalue weighted by molar-refractivity contribution is 5.93. The molecule has 0 spiro atoms. The maximum absolute atomic E-state index is 13.0. The van der Waals surface area contributed by atoms with Crippen molar-refractivity contribution in [2.24, 2.45) is 0 Å². The van der Waals surface area contributed by atoms with Gasteiger partial charge in [0.2, 0.25) is 5.91 Å². The number of carbonyl (C=O) groups is 3. The Kier molecular flexibility index (Phi) is 8.25. The summed E-state index contributed by atoms with van der Waals surface area (Å²) in [6, 6.07) is 14.6. The number of benzene rings is 2. The summed E-state index contributed by atoms with van der Waals surface area (Å²) in [5, 5.41) is 23.4. The zero-order chi connectivity index (χ0) is 24.7. The van der Waals surface area contributed by atoms with Gasteiger partial charge in [0, 0.05) is 26.1 Å². The number of aliphatic hydroxyl groups is 1. The molecule has 9 nitrogen and oxygen atoms in total. The standard InChI is InChI=1S/C25H30N2O7/c1-3-25(15-33-2,23(31)26-21(12-13-28)22(29)30)27-24(32)34-14-20-18-10-6-4-8-16(18)17-9-5-7-11-19(17)20/h4-11,20-21,28H,3,12-15H2,1-2H3,(H,26,31)(H,27,32)(H,29,30)/t21-,25?/m0/s1. The Balaban J connectivity index is 1.73. The van der Waals surface area contributed by atoms with Crippen molar-refractivity contribution in [1.82, 2.24) is 10.6 Å². The number of amides is 2. The predicted octanol–water partition coefficient (Wildman–Crippen LogP) is 2.27. The molecule has 2 atom stereocenters. The van der Waals surface area contributed by atoms with Crippen molar-refractivity contribution >= 4 is 18.0 Å². The summed E-state index contributed by atoms with van der Waals surface area (Å²) in [5.74, 6) is -2.16. The quantitative estimate of drug-likeness (QED) is 0.396. The molecule has 2 aromatic rings. The number of alkyl carbamates (subject to hydrolysis) is 1. The second-order valence-corrected chi connectivity index (χ2v) is 8.20. The van der Waals surface area contributed by atoms with Crippen molar-refractivity contribution in [2.75, 3.05) is 26.9 Å². The Morgan fingerprint density at radius 1 is 1.06 bits per heavy atom. The minimum atomic E-state index is -1.54. The average Bonchev–Trinajstić information content (AvgIpc) is 3.15. The van der Waals surface area contributed by atoms with Gasteiger partial charge in [-0.2, -0.15) is 0 Å². The van der Waals surface area contributed by atoms with Crippen LogP contribution in [-0.2, 0) is 19.1 Å². The summed E-state index contributed by atoms with van der Waals surface area (Å²) >= 11 is 0. The molecule has 0 saturated carbocycles. The number of carbonyl (C=O) groups excluding carboxylic acids is 2. The first kappa shape index (κ1) is 25.2. The van der Waals surface area contributed by atoms with E-state index < -0.39 is 36.2 Å². The van der Waals surface area contributed by atoms with Gasteiger partial charge in [-0.3, -0.25) is 4.79 Å². The molecule has 4 N–H and O–H groups in total. The number of ether oxygens (including phenoxy) is 2. The summed E-state index contributed by atoms with van der Waals surface area (Å²) in [5.41, 5.74) is 2.76. The number of carboxylic acid groups (broad SMARTS) is 1. The molecule has 182 valence electrons. The van der Waals surface area contributed by atoms with E-state index in [9.17, 15) is 19.5 Å². The molecule has 0 bridgehead atoms. The molecule has 34 heavy (non-hydrogen) atoms. The maximum atomic E-state index is 13.0. The van der Waals surface area contributed by atoms with Gasteiger partial charge in [-0.05, 0) is 28.7 Å². The SMILES string of the molecule is CCC(COC)(NC(=O)OCC1c2ccccc2-c2ccccc21)C(=O)N[C@@H](CCO)C(=O)O. The van der Waals surface area contributed by atoms with E-state index >= 15 is 0 Å². The van der Waals surface area contributed by atoms with Gasteiger partial charge in [0.25, 0.3) is 0 Å². The summed E-state index contributed by atoms with van der Waals surface area (Å²) in [4.78, 5) is 37.2. The first-order valence-electron chi connectivity index (χ1n) is 11.1. The molecule has 0 aromatic heterocycles. The molecule has 2 amide bonds. The molecule has 0 heterocycles. The number of aliphatic hydroxyl groups excluding tert-OH is 1. The number of hydrogen-bond donors (Lipinski definition) is 4. The van der Waals surface area contributed by atoms with Crippen LogP contribution < -0.4 is 10.6 Å². The van der Waals surface area contributed by atoms with Crippen LogP contribution in [0.3, 0.4) is 0 Å². The fourth-order valence-corrected chi connectivity index (χ4v) is 4.27. The van der Waals surface area contributed by atoms with E-state index in [1.54, 1.807) is 6.92 Å². The zero-order valence-corrected chi connectivity index (χ0v) is 19.2. The van der Waals surface area contributed by atoms with E-state index in [4.69, 9.17) is 14.6 Å². The topological polar surface area (TPSA) is 134 Å². The Hall–Kier alpha value is -3.43. The van der Waals surface area contributed by atoms with Crippen molar-refractivity contribution in [1.29, 1.82) is 0 Å². The lowest BCUT2D eigenvalue weighted by Crippen LogP contribution is -2.63. The van der Waals surface area contributed by atoms with Crippen molar-refractivity contribution in [3.63, 3.8) is 0 Å². The second-order valence-electron chi connectivity index (χ2n) is 8.20. The lowest BCUT2D eigenvalue weighted by molar-refractivity contribution is -0.144. The smallest absolute Gasteiger partial charge is 0.408 e. The number of aliphatic carboxylic acids is 1. The van der Waals surface area contributed by atoms with Crippen LogP contribution >= 0.6 is 0 Å². The van der Waals surface area contributed by atoms with Crippen LogP contribution in [0.15, 0.2) is 48.5 Å². The van der Waals surface area contributed by atoms with Gasteiger partial charge in [0.15, 0.2) is 0 Å². The molecule has 3 rings (SSSR count). The molecule has 1 unspecified atom stereocenters. The van der Waals surface area contributed by atoms with Gasteiger partial charge in [0.05, 0.1) is 6.61 Å². The molecular weight excluding hydrogens is 440 g/mol. The summed E-state index contributed by atoms with van der Waals surface area (Å²) in [6.07, 6.45) is -0.855. The highest BCUT2D eigenvalue weighted by atomic mass is 16.5. The summed E-state index contributed by atoms with van der Waals surface area (Å²) in [6.45, 7) is 1.13. The van der Waals surface area contributed by atoms with Gasteiger partial charge in [-0.1, -0.05) is 55.5 Å². The van der Waals surface area contributed by atoms with Crippen LogP contribution in [0.4, 0.5) is 4.79 Å². The minimum absolute atomic E-state index is 0.0660. The Morgan fingerprint density at radius 3 is 2.15 bits per heavy atom. The van der Waals surface area contributed by atoms with E-state index in [-0.39, 0.29) is 32.0 Å². The molecule has 9 heteroatoms. The first-order chi connectivity index (χ1) is 16.4. The molecule has 2 aromatic carbocycles. The van der Waals surface area contributed by atoms with Gasteiger partial charge in [-0.15, -0.1) is 0 Å². The van der Waals surface area contributed by atoms with Crippen LogP contribution in [-0.4, -0.2) is 66.7 Å². The third kappa shape index (κ3) is 5.21. The zero-order valence-electron chi connectivity index (χ0n) is 19.2. The number of fused-ring (bicyclic) bond motifs is 3. The van der Waals surface area contributed by atoms with Crippen LogP contribution in [0.5, 0.6) is 0 Å². The van der Waals surface area contributed by atoms with E-state index in [2.05, 4.69) is 10.6 Å². The third-order valence-electron chi connectivity index (χ3n) is 6.14. The first-order valence-corrected chi connectivity index (χ1v) is 11.1. The lowest BCUT2D eigenvalue weighted by Gasteiger charge is -2.32. The summed E-state index contributed by atoms with van der Waals surface area (Å²) in [7, 11) is 1.37. The summed E-state index contributed by atoms with van der Waals surface area (Å²) < 4.78 is 10.7. The van der Waals surface area contributed by atoms with Crippen LogP contribution in [0.1, 0.15) is 36.8 Å². The van der Waals surface area contributed by atoms with E-state index in [1.807, 2.05) is 48.5 Å². The second kappa shape index (κ2) is 11.1. The minimum Gasteiger partial charge on any atom is -0.480 e. The van der Waals surface area contributed by atoms with Crippen molar-refractivity contribution in [3.05, 3.63) is 59.7 Å².